The van der Waals surface area contributed by atoms with E-state index >= 15 is 0 Å². The molecule has 2 nitrogen and oxygen atoms in total. The van der Waals surface area contributed by atoms with Crippen molar-refractivity contribution in [3.63, 3.8) is 0 Å². The Morgan fingerprint density at radius 1 is 1.06 bits per heavy atom. The van der Waals surface area contributed by atoms with Crippen molar-refractivity contribution >= 4 is 0 Å². The molecule has 104 valence electrons. The summed E-state index contributed by atoms with van der Waals surface area (Å²) in [4.78, 5) is 2.83. The molecule has 3 rings (SSSR count). The van der Waals surface area contributed by atoms with Gasteiger partial charge in [0.15, 0.2) is 0 Å². The highest BCUT2D eigenvalue weighted by atomic mass is 15.2. The fourth-order valence-corrected chi connectivity index (χ4v) is 4.49. The molecule has 1 aliphatic heterocycles. The Labute approximate surface area is 113 Å². The first kappa shape index (κ1) is 12.9. The molecule has 2 heteroatoms. The molecule has 2 aliphatic carbocycles. The van der Waals surface area contributed by atoms with Crippen molar-refractivity contribution < 1.29 is 0 Å². The van der Waals surface area contributed by atoms with Gasteiger partial charge in [-0.25, -0.2) is 0 Å². The Morgan fingerprint density at radius 2 is 1.78 bits per heavy atom. The number of hydrogen-bond acceptors (Lipinski definition) is 2. The van der Waals surface area contributed by atoms with E-state index in [0.29, 0.717) is 5.54 Å². The Hall–Kier alpha value is -0.0800. The van der Waals surface area contributed by atoms with Crippen molar-refractivity contribution in [3.8, 4) is 0 Å². The highest BCUT2D eigenvalue weighted by Crippen LogP contribution is 2.34. The zero-order chi connectivity index (χ0) is 12.4. The first-order valence-electron chi connectivity index (χ1n) is 8.27. The molecule has 0 aromatic rings. The largest absolute Gasteiger partial charge is 0.310 e. The van der Waals surface area contributed by atoms with E-state index in [2.05, 4.69) is 17.1 Å². The van der Waals surface area contributed by atoms with Crippen molar-refractivity contribution in [2.24, 2.45) is 5.92 Å². The Morgan fingerprint density at radius 3 is 2.50 bits per heavy atom. The molecule has 0 amide bonds. The monoisotopic (exact) mass is 250 g/mol. The maximum Gasteiger partial charge on any atom is 0.0308 e. The molecule has 1 heterocycles. The van der Waals surface area contributed by atoms with Crippen LogP contribution >= 0.6 is 0 Å². The number of nitrogens with zero attached hydrogens (tertiary/aromatic N) is 1. The lowest BCUT2D eigenvalue weighted by Crippen LogP contribution is -2.51. The minimum atomic E-state index is 0.489. The van der Waals surface area contributed by atoms with Crippen LogP contribution in [0.1, 0.15) is 64.7 Å². The second-order valence-electron chi connectivity index (χ2n) is 7.13. The maximum absolute atomic E-state index is 3.90. The quantitative estimate of drug-likeness (QED) is 0.810. The van der Waals surface area contributed by atoms with Gasteiger partial charge in [0.2, 0.25) is 0 Å². The van der Waals surface area contributed by atoms with E-state index in [-0.39, 0.29) is 0 Å². The van der Waals surface area contributed by atoms with Gasteiger partial charge in [-0.1, -0.05) is 25.7 Å². The number of nitrogens with one attached hydrogen (secondary N) is 1. The molecule has 0 bridgehead atoms. The highest BCUT2D eigenvalue weighted by molar-refractivity contribution is 4.98. The van der Waals surface area contributed by atoms with Gasteiger partial charge in [0.1, 0.15) is 0 Å². The van der Waals surface area contributed by atoms with Crippen LogP contribution in [0.25, 0.3) is 0 Å². The van der Waals surface area contributed by atoms with Gasteiger partial charge in [-0.05, 0) is 51.5 Å². The summed E-state index contributed by atoms with van der Waals surface area (Å²) in [7, 11) is 0. The molecule has 18 heavy (non-hydrogen) atoms. The van der Waals surface area contributed by atoms with E-state index in [1.54, 1.807) is 0 Å². The van der Waals surface area contributed by atoms with Crippen molar-refractivity contribution in [2.75, 3.05) is 19.6 Å². The van der Waals surface area contributed by atoms with Crippen molar-refractivity contribution in [1.29, 1.82) is 0 Å². The summed E-state index contributed by atoms with van der Waals surface area (Å²) >= 11 is 0. The zero-order valence-electron chi connectivity index (χ0n) is 12.1. The molecule has 0 radical (unpaired) electrons. The normalized spacial score (nSPS) is 34.2. The molecular weight excluding hydrogens is 220 g/mol. The van der Waals surface area contributed by atoms with Crippen LogP contribution in [-0.2, 0) is 0 Å². The van der Waals surface area contributed by atoms with E-state index in [9.17, 15) is 0 Å². The molecule has 1 N–H and O–H groups in total. The topological polar surface area (TPSA) is 15.3 Å². The highest BCUT2D eigenvalue weighted by Gasteiger charge is 2.38. The molecule has 1 saturated heterocycles. The summed E-state index contributed by atoms with van der Waals surface area (Å²) in [5.41, 5.74) is 0.489. The summed E-state index contributed by atoms with van der Waals surface area (Å²) < 4.78 is 0. The fraction of sp³-hybridized carbons (Fsp3) is 1.00. The number of rotatable bonds is 2. The third-order valence-corrected chi connectivity index (χ3v) is 5.72. The lowest BCUT2D eigenvalue weighted by atomic mass is 9.96. The smallest absolute Gasteiger partial charge is 0.0308 e. The van der Waals surface area contributed by atoms with Gasteiger partial charge in [-0.15, -0.1) is 0 Å². The third-order valence-electron chi connectivity index (χ3n) is 5.72. The van der Waals surface area contributed by atoms with E-state index in [1.165, 1.54) is 77.4 Å². The minimum Gasteiger partial charge on any atom is -0.310 e. The van der Waals surface area contributed by atoms with Crippen LogP contribution in [0.5, 0.6) is 0 Å². The molecular formula is C16H30N2. The van der Waals surface area contributed by atoms with Gasteiger partial charge in [-0.3, -0.25) is 4.90 Å². The van der Waals surface area contributed by atoms with Gasteiger partial charge in [0, 0.05) is 24.7 Å². The van der Waals surface area contributed by atoms with Crippen molar-refractivity contribution in [1.82, 2.24) is 10.2 Å². The Kier molecular flexibility index (Phi) is 3.95. The maximum atomic E-state index is 3.90. The predicted molar refractivity (Wildman–Crippen MR) is 76.8 cm³/mol. The summed E-state index contributed by atoms with van der Waals surface area (Å²) in [5.74, 6) is 1.00. The average molecular weight is 250 g/mol. The van der Waals surface area contributed by atoms with Gasteiger partial charge >= 0.3 is 0 Å². The van der Waals surface area contributed by atoms with Crippen molar-refractivity contribution in [2.45, 2.75) is 76.3 Å². The van der Waals surface area contributed by atoms with Gasteiger partial charge in [-0.2, -0.15) is 0 Å². The average Bonchev–Trinajstić information content (AvgIpc) is 2.97. The lowest BCUT2D eigenvalue weighted by Gasteiger charge is -2.36. The van der Waals surface area contributed by atoms with Crippen LogP contribution in [0.15, 0.2) is 0 Å². The standard InChI is InChI=1S/C16H30N2/c1-14-8-11-17-16(9-4-5-10-16)13-18(14)12-15-6-2-3-7-15/h14-15,17H,2-13H2,1H3. The van der Waals surface area contributed by atoms with E-state index in [0.717, 1.165) is 12.0 Å². The second-order valence-corrected chi connectivity index (χ2v) is 7.13. The minimum absolute atomic E-state index is 0.489. The molecule has 0 aromatic carbocycles. The van der Waals surface area contributed by atoms with Crippen LogP contribution < -0.4 is 5.32 Å². The van der Waals surface area contributed by atoms with Crippen LogP contribution in [0.3, 0.4) is 0 Å². The summed E-state index contributed by atoms with van der Waals surface area (Å²) in [5, 5.41) is 3.90. The lowest BCUT2D eigenvalue weighted by molar-refractivity contribution is 0.144. The Bertz CT molecular complexity index is 264. The fourth-order valence-electron chi connectivity index (χ4n) is 4.49. The molecule has 0 aromatic heterocycles. The third kappa shape index (κ3) is 2.75. The number of hydrogen-bond donors (Lipinski definition) is 1. The van der Waals surface area contributed by atoms with E-state index in [4.69, 9.17) is 0 Å². The van der Waals surface area contributed by atoms with Gasteiger partial charge in [0.05, 0.1) is 0 Å². The molecule has 1 spiro atoms. The Balaban J connectivity index is 1.65. The van der Waals surface area contributed by atoms with Crippen LogP contribution in [0, 0.1) is 5.92 Å². The second kappa shape index (κ2) is 5.50. The first-order chi connectivity index (χ1) is 8.77. The van der Waals surface area contributed by atoms with Crippen LogP contribution in [0.2, 0.25) is 0 Å². The molecule has 1 atom stereocenters. The van der Waals surface area contributed by atoms with Gasteiger partial charge in [0.25, 0.3) is 0 Å². The van der Waals surface area contributed by atoms with E-state index < -0.39 is 0 Å². The molecule has 3 aliphatic rings. The zero-order valence-corrected chi connectivity index (χ0v) is 12.1. The molecule has 1 unspecified atom stereocenters. The van der Waals surface area contributed by atoms with Gasteiger partial charge < -0.3 is 5.32 Å². The predicted octanol–water partition coefficient (Wildman–Crippen LogP) is 3.17. The SMILES string of the molecule is CC1CCNC2(CCCC2)CN1CC1CCCC1. The summed E-state index contributed by atoms with van der Waals surface area (Å²) in [6, 6.07) is 0.790. The van der Waals surface area contributed by atoms with Crippen LogP contribution in [-0.4, -0.2) is 36.1 Å². The molecule has 3 fully saturated rings. The summed E-state index contributed by atoms with van der Waals surface area (Å²) in [6.45, 7) is 6.39. The van der Waals surface area contributed by atoms with Crippen LogP contribution in [0.4, 0.5) is 0 Å². The van der Waals surface area contributed by atoms with Crippen molar-refractivity contribution in [3.05, 3.63) is 0 Å². The first-order valence-corrected chi connectivity index (χ1v) is 8.27. The summed E-state index contributed by atoms with van der Waals surface area (Å²) in [6.07, 6.45) is 13.0. The van der Waals surface area contributed by atoms with E-state index in [1.807, 2.05) is 0 Å². The molecule has 2 saturated carbocycles.